The summed E-state index contributed by atoms with van der Waals surface area (Å²) in [6.07, 6.45) is -0.745. The van der Waals surface area contributed by atoms with Crippen molar-refractivity contribution in [1.29, 1.82) is 0 Å². The first-order chi connectivity index (χ1) is 25.1. The number of amides is 1. The molecule has 0 bridgehead atoms. The summed E-state index contributed by atoms with van der Waals surface area (Å²) >= 11 is 2.04. The van der Waals surface area contributed by atoms with Gasteiger partial charge in [0.1, 0.15) is 11.5 Å². The summed E-state index contributed by atoms with van der Waals surface area (Å²) in [5, 5.41) is 0. The number of hydrogen-bond acceptors (Lipinski definition) is 9. The number of para-hydroxylation sites is 1. The zero-order chi connectivity index (χ0) is 37.0. The van der Waals surface area contributed by atoms with Gasteiger partial charge in [-0.25, -0.2) is 9.59 Å². The summed E-state index contributed by atoms with van der Waals surface area (Å²) in [6, 6.07) is 35.4. The Hall–Kier alpha value is -5.82. The van der Waals surface area contributed by atoms with E-state index in [0.717, 1.165) is 14.7 Å². The number of hydrogen-bond donors (Lipinski definition) is 0. The van der Waals surface area contributed by atoms with Crippen molar-refractivity contribution in [1.82, 2.24) is 4.90 Å². The molecule has 0 atom stereocenters. The van der Waals surface area contributed by atoms with Crippen molar-refractivity contribution in [3.63, 3.8) is 0 Å². The van der Waals surface area contributed by atoms with Gasteiger partial charge in [-0.05, 0) is 106 Å². The van der Waals surface area contributed by atoms with E-state index < -0.39 is 23.9 Å². The van der Waals surface area contributed by atoms with Crippen LogP contribution in [0.25, 0.3) is 0 Å². The zero-order valence-corrected chi connectivity index (χ0v) is 30.5. The van der Waals surface area contributed by atoms with Crippen molar-refractivity contribution >= 4 is 52.4 Å². The van der Waals surface area contributed by atoms with Gasteiger partial charge in [-0.2, -0.15) is 0 Å². The molecule has 0 saturated carbocycles. The third kappa shape index (κ3) is 10.1. The summed E-state index contributed by atoms with van der Waals surface area (Å²) in [5.41, 5.74) is 2.50. The third-order valence-electron chi connectivity index (χ3n) is 7.93. The highest BCUT2D eigenvalue weighted by Crippen LogP contribution is 2.24. The summed E-state index contributed by atoms with van der Waals surface area (Å²) in [4.78, 5) is 66.7. The normalized spacial score (nSPS) is 10.5. The van der Waals surface area contributed by atoms with Crippen LogP contribution in [0, 0.1) is 3.57 Å². The zero-order valence-electron chi connectivity index (χ0n) is 28.4. The third-order valence-corrected chi connectivity index (χ3v) is 8.60. The molecular formula is C41H34INO9. The topological polar surface area (TPSA) is 126 Å². The Morgan fingerprint density at radius 2 is 1.13 bits per heavy atom. The van der Waals surface area contributed by atoms with E-state index in [0.29, 0.717) is 17.1 Å². The van der Waals surface area contributed by atoms with Gasteiger partial charge in [0.25, 0.3) is 5.91 Å². The van der Waals surface area contributed by atoms with Crippen LogP contribution in [-0.2, 0) is 49.7 Å². The van der Waals surface area contributed by atoms with Gasteiger partial charge in [0.2, 0.25) is 0 Å². The molecule has 52 heavy (non-hydrogen) atoms. The highest BCUT2D eigenvalue weighted by atomic mass is 127. The number of methoxy groups -OCH3 is 2. The van der Waals surface area contributed by atoms with Crippen LogP contribution < -0.4 is 4.74 Å². The maximum absolute atomic E-state index is 14.1. The van der Waals surface area contributed by atoms with Crippen LogP contribution in [0.3, 0.4) is 0 Å². The first-order valence-corrected chi connectivity index (χ1v) is 17.2. The molecule has 5 aromatic rings. The monoisotopic (exact) mass is 811 g/mol. The van der Waals surface area contributed by atoms with Crippen molar-refractivity contribution < 1.29 is 42.9 Å². The average Bonchev–Trinajstić information content (AvgIpc) is 3.15. The number of carbonyl (C=O) groups is 5. The minimum absolute atomic E-state index is 0.0882. The first kappa shape index (κ1) is 37.4. The number of carbonyl (C=O) groups excluding carboxylic acids is 5. The van der Waals surface area contributed by atoms with E-state index in [2.05, 4.69) is 0 Å². The van der Waals surface area contributed by atoms with Crippen LogP contribution in [0.15, 0.2) is 121 Å². The number of nitrogens with zero attached hydrogens (tertiary/aromatic N) is 1. The lowest BCUT2D eigenvalue weighted by molar-refractivity contribution is -0.140. The van der Waals surface area contributed by atoms with Crippen molar-refractivity contribution in [2.75, 3.05) is 14.2 Å². The second-order valence-corrected chi connectivity index (χ2v) is 12.8. The van der Waals surface area contributed by atoms with Crippen molar-refractivity contribution in [2.45, 2.75) is 25.9 Å². The summed E-state index contributed by atoms with van der Waals surface area (Å²) in [5.74, 6) is -2.25. The Balaban J connectivity index is 1.38. The molecular weight excluding hydrogens is 777 g/mol. The maximum atomic E-state index is 14.1. The molecule has 10 nitrogen and oxygen atoms in total. The number of benzene rings is 5. The molecule has 11 heteroatoms. The lowest BCUT2D eigenvalue weighted by Crippen LogP contribution is -2.30. The van der Waals surface area contributed by atoms with Crippen LogP contribution in [0.5, 0.6) is 11.5 Å². The van der Waals surface area contributed by atoms with Crippen LogP contribution in [0.4, 0.5) is 0 Å². The molecule has 0 aromatic heterocycles. The van der Waals surface area contributed by atoms with Crippen LogP contribution in [0.1, 0.15) is 53.3 Å². The standard InChI is InChI=1S/C41H34INO9/c1-49-37(44)23-30-21-29(15-19-36(30)41(48)52-38(45)24-31-22-32(42)16-20-35(31)40(47)50-2)39(46)43(25-27-9-5-3-6-10-27)26-28-13-17-34(18-14-28)51-33-11-7-4-8-12-33/h3-22H,23-26H2,1-2H3. The molecule has 0 spiro atoms. The van der Waals surface area contributed by atoms with Gasteiger partial charge >= 0.3 is 23.9 Å². The molecule has 0 aliphatic rings. The highest BCUT2D eigenvalue weighted by Gasteiger charge is 2.24. The quantitative estimate of drug-likeness (QED) is 0.0520. The van der Waals surface area contributed by atoms with Crippen molar-refractivity contribution in [2.24, 2.45) is 0 Å². The fourth-order valence-corrected chi connectivity index (χ4v) is 5.92. The smallest absolute Gasteiger partial charge is 0.346 e. The number of ether oxygens (including phenoxy) is 4. The molecule has 0 aliphatic carbocycles. The number of rotatable bonds is 13. The van der Waals surface area contributed by atoms with E-state index in [1.807, 2.05) is 108 Å². The summed E-state index contributed by atoms with van der Waals surface area (Å²) < 4.78 is 21.5. The molecule has 0 aliphatic heterocycles. The maximum Gasteiger partial charge on any atom is 0.346 e. The second kappa shape index (κ2) is 17.9. The molecule has 0 fully saturated rings. The van der Waals surface area contributed by atoms with Crippen molar-refractivity contribution in [3.8, 4) is 11.5 Å². The Morgan fingerprint density at radius 1 is 0.577 bits per heavy atom. The molecule has 0 unspecified atom stereocenters. The lowest BCUT2D eigenvalue weighted by atomic mass is 10.00. The molecule has 0 radical (unpaired) electrons. The van der Waals surface area contributed by atoms with Gasteiger partial charge in [-0.1, -0.05) is 60.7 Å². The van der Waals surface area contributed by atoms with E-state index >= 15 is 0 Å². The molecule has 0 heterocycles. The average molecular weight is 812 g/mol. The summed E-state index contributed by atoms with van der Waals surface area (Å²) in [7, 11) is 2.43. The lowest BCUT2D eigenvalue weighted by Gasteiger charge is -2.24. The Morgan fingerprint density at radius 3 is 1.79 bits per heavy atom. The van der Waals surface area contributed by atoms with Crippen LogP contribution in [-0.4, -0.2) is 48.9 Å². The first-order valence-electron chi connectivity index (χ1n) is 16.1. The van der Waals surface area contributed by atoms with Crippen LogP contribution >= 0.6 is 22.6 Å². The molecule has 264 valence electrons. The highest BCUT2D eigenvalue weighted by molar-refractivity contribution is 14.1. The van der Waals surface area contributed by atoms with Gasteiger partial charge < -0.3 is 23.8 Å². The Labute approximate surface area is 314 Å². The number of esters is 4. The minimum Gasteiger partial charge on any atom is -0.469 e. The fraction of sp³-hybridized carbons (Fsp3) is 0.146. The number of halogens is 1. The van der Waals surface area contributed by atoms with Crippen molar-refractivity contribution in [3.05, 3.63) is 164 Å². The predicted molar refractivity (Wildman–Crippen MR) is 200 cm³/mol. The molecule has 5 aromatic carbocycles. The van der Waals surface area contributed by atoms with E-state index in [-0.39, 0.29) is 54.1 Å². The van der Waals surface area contributed by atoms with Crippen LogP contribution in [0.2, 0.25) is 0 Å². The van der Waals surface area contributed by atoms with Gasteiger partial charge in [0, 0.05) is 22.2 Å². The van der Waals surface area contributed by atoms with E-state index in [1.165, 1.54) is 38.5 Å². The largest absolute Gasteiger partial charge is 0.469 e. The minimum atomic E-state index is -1.02. The Kier molecular flexibility index (Phi) is 12.9. The van der Waals surface area contributed by atoms with Gasteiger partial charge in [-0.3, -0.25) is 14.4 Å². The Bertz CT molecular complexity index is 2070. The molecule has 0 saturated heterocycles. The van der Waals surface area contributed by atoms with E-state index in [1.54, 1.807) is 17.0 Å². The molecule has 1 amide bonds. The molecule has 5 rings (SSSR count). The van der Waals surface area contributed by atoms with Gasteiger partial charge in [0.05, 0.1) is 38.2 Å². The SMILES string of the molecule is COC(=O)Cc1cc(C(=O)N(Cc2ccccc2)Cc2ccc(Oc3ccccc3)cc2)ccc1C(=O)OC(=O)Cc1cc(I)ccc1C(=O)OC. The van der Waals surface area contributed by atoms with Gasteiger partial charge in [-0.15, -0.1) is 0 Å². The van der Waals surface area contributed by atoms with E-state index in [4.69, 9.17) is 18.9 Å². The second-order valence-electron chi connectivity index (χ2n) is 11.6. The van der Waals surface area contributed by atoms with Gasteiger partial charge in [0.15, 0.2) is 0 Å². The molecule has 0 N–H and O–H groups in total. The summed E-state index contributed by atoms with van der Waals surface area (Å²) in [6.45, 7) is 0.522. The van der Waals surface area contributed by atoms with E-state index in [9.17, 15) is 24.0 Å². The predicted octanol–water partition coefficient (Wildman–Crippen LogP) is 7.35. The fourth-order valence-electron chi connectivity index (χ4n) is 5.36.